The maximum Gasteiger partial charge on any atom is 1.00 e. The second-order valence-corrected chi connectivity index (χ2v) is 3.88. The summed E-state index contributed by atoms with van der Waals surface area (Å²) in [6.45, 7) is 1.61. The van der Waals surface area contributed by atoms with E-state index in [0.29, 0.717) is 0 Å². The number of rotatable bonds is 10. The minimum absolute atomic E-state index is 0. The molecule has 19 heavy (non-hydrogen) atoms. The maximum absolute atomic E-state index is 10.4. The predicted molar refractivity (Wildman–Crippen MR) is 59.7 cm³/mol. The van der Waals surface area contributed by atoms with E-state index in [1.165, 1.54) is 4.90 Å². The number of nitrogens with zero attached hydrogens (tertiary/aromatic N) is 1. The molecule has 0 aliphatic carbocycles. The number of carbonyl (C=O) groups excluding carboxylic acids is 2. The topological polar surface area (TPSA) is 83.5 Å². The van der Waals surface area contributed by atoms with Crippen LogP contribution in [-0.4, -0.2) is 36.5 Å². The van der Waals surface area contributed by atoms with Crippen LogP contribution < -0.4 is 47.9 Å². The van der Waals surface area contributed by atoms with Gasteiger partial charge in [0.1, 0.15) is 0 Å². The molecule has 0 aromatic rings. The molecule has 0 fully saturated rings. The monoisotopic (exact) mass is 255 g/mol. The Kier molecular flexibility index (Phi) is 20.0. The molecule has 0 aromatic carbocycles. The molecule has 0 heterocycles. The predicted octanol–water partition coefficient (Wildman–Crippen LogP) is -7.07. The van der Waals surface area contributed by atoms with Crippen LogP contribution in [0.25, 0.3) is 0 Å². The van der Waals surface area contributed by atoms with Gasteiger partial charge in [0, 0.05) is 19.6 Å². The van der Waals surface area contributed by atoms with Crippen LogP contribution in [0.4, 0.5) is 0 Å². The standard InChI is InChI=1S/C12H21NO4.2Li/c1-2-3-4-5-6-7-8-13(9-11(14)15)10-12(16)17;;/h6-7H,2-5,8-10H2,1H3,(H,14,15)(H,16,17);;/q;2*+1/p-2/b7-6+;;. The van der Waals surface area contributed by atoms with Crippen LogP contribution in [0.3, 0.4) is 0 Å². The van der Waals surface area contributed by atoms with Crippen molar-refractivity contribution in [2.45, 2.75) is 32.6 Å². The van der Waals surface area contributed by atoms with Gasteiger partial charge >= 0.3 is 37.7 Å². The SMILES string of the molecule is CCCCC/C=C/CN(CC(=O)[O-])CC(=O)[O-].[Li+].[Li+]. The minimum atomic E-state index is -1.29. The van der Waals surface area contributed by atoms with Gasteiger partial charge in [0.05, 0.1) is 11.9 Å². The summed E-state index contributed by atoms with van der Waals surface area (Å²) >= 11 is 0. The van der Waals surface area contributed by atoms with Gasteiger partial charge in [-0.3, -0.25) is 4.90 Å². The number of allylic oxidation sites excluding steroid dienone is 1. The van der Waals surface area contributed by atoms with Crippen LogP contribution in [0.2, 0.25) is 0 Å². The Bertz CT molecular complexity index is 256. The number of carboxylic acid groups (broad SMARTS) is 2. The number of hydrogen-bond donors (Lipinski definition) is 0. The molecule has 98 valence electrons. The molecule has 0 radical (unpaired) electrons. The van der Waals surface area contributed by atoms with Gasteiger partial charge in [-0.25, -0.2) is 0 Å². The zero-order valence-corrected chi connectivity index (χ0v) is 12.2. The molecule has 0 N–H and O–H groups in total. The third kappa shape index (κ3) is 17.8. The molecular weight excluding hydrogens is 236 g/mol. The van der Waals surface area contributed by atoms with Crippen molar-refractivity contribution < 1.29 is 57.5 Å². The Hall–Kier alpha value is -0.165. The Morgan fingerprint density at radius 2 is 1.53 bits per heavy atom. The second-order valence-electron chi connectivity index (χ2n) is 3.88. The second kappa shape index (κ2) is 15.9. The van der Waals surface area contributed by atoms with Crippen molar-refractivity contribution in [2.75, 3.05) is 19.6 Å². The average molecular weight is 255 g/mol. The Morgan fingerprint density at radius 3 is 1.95 bits per heavy atom. The summed E-state index contributed by atoms with van der Waals surface area (Å²) in [5, 5.41) is 20.8. The van der Waals surface area contributed by atoms with E-state index in [1.54, 1.807) is 6.08 Å². The molecule has 0 amide bonds. The summed E-state index contributed by atoms with van der Waals surface area (Å²) in [5.74, 6) is -2.57. The van der Waals surface area contributed by atoms with Gasteiger partial charge in [0.25, 0.3) is 0 Å². The van der Waals surface area contributed by atoms with Crippen LogP contribution in [0.1, 0.15) is 32.6 Å². The van der Waals surface area contributed by atoms with E-state index in [2.05, 4.69) is 6.92 Å². The molecule has 0 spiro atoms. The Labute approximate surface area is 138 Å². The summed E-state index contributed by atoms with van der Waals surface area (Å²) in [7, 11) is 0. The zero-order chi connectivity index (χ0) is 13.1. The van der Waals surface area contributed by atoms with Crippen molar-refractivity contribution in [1.82, 2.24) is 4.90 Å². The summed E-state index contributed by atoms with van der Waals surface area (Å²) in [5.41, 5.74) is 0. The van der Waals surface area contributed by atoms with Crippen molar-refractivity contribution in [2.24, 2.45) is 0 Å². The van der Waals surface area contributed by atoms with Gasteiger partial charge in [-0.1, -0.05) is 31.9 Å². The third-order valence-electron chi connectivity index (χ3n) is 2.21. The van der Waals surface area contributed by atoms with Crippen LogP contribution in [0, 0.1) is 0 Å². The van der Waals surface area contributed by atoms with Crippen molar-refractivity contribution in [3.63, 3.8) is 0 Å². The fourth-order valence-electron chi connectivity index (χ4n) is 1.40. The van der Waals surface area contributed by atoms with E-state index in [9.17, 15) is 19.8 Å². The number of aliphatic carboxylic acids is 2. The molecular formula is C12H19Li2NO4. The minimum Gasteiger partial charge on any atom is -0.549 e. The van der Waals surface area contributed by atoms with E-state index in [4.69, 9.17) is 0 Å². The summed E-state index contributed by atoms with van der Waals surface area (Å²) in [4.78, 5) is 22.0. The molecule has 0 saturated heterocycles. The zero-order valence-electron chi connectivity index (χ0n) is 12.2. The van der Waals surface area contributed by atoms with E-state index in [-0.39, 0.29) is 44.3 Å². The van der Waals surface area contributed by atoms with Crippen molar-refractivity contribution >= 4 is 11.9 Å². The normalized spacial score (nSPS) is 10.0. The molecule has 7 heteroatoms. The van der Waals surface area contributed by atoms with Crippen molar-refractivity contribution in [3.8, 4) is 0 Å². The Morgan fingerprint density at radius 1 is 1.00 bits per heavy atom. The summed E-state index contributed by atoms with van der Waals surface area (Å²) in [6, 6.07) is 0. The molecule has 0 bridgehead atoms. The summed E-state index contributed by atoms with van der Waals surface area (Å²) in [6.07, 6.45) is 8.04. The van der Waals surface area contributed by atoms with Gasteiger partial charge in [-0.2, -0.15) is 0 Å². The number of hydrogen-bond acceptors (Lipinski definition) is 5. The molecule has 0 atom stereocenters. The molecule has 0 aromatic heterocycles. The van der Waals surface area contributed by atoms with Crippen LogP contribution >= 0.6 is 0 Å². The molecule has 0 aliphatic rings. The first-order valence-electron chi connectivity index (χ1n) is 5.83. The first-order chi connectivity index (χ1) is 8.06. The largest absolute Gasteiger partial charge is 1.00 e. The van der Waals surface area contributed by atoms with Gasteiger partial charge in [0.2, 0.25) is 0 Å². The van der Waals surface area contributed by atoms with Gasteiger partial charge in [-0.15, -0.1) is 0 Å². The first-order valence-corrected chi connectivity index (χ1v) is 5.83. The number of unbranched alkanes of at least 4 members (excludes halogenated alkanes) is 3. The van der Waals surface area contributed by atoms with Gasteiger partial charge in [-0.05, 0) is 12.8 Å². The van der Waals surface area contributed by atoms with Crippen LogP contribution in [0.15, 0.2) is 12.2 Å². The molecule has 0 saturated carbocycles. The quantitative estimate of drug-likeness (QED) is 0.220. The molecule has 0 unspecified atom stereocenters. The number of carboxylic acids is 2. The fourth-order valence-corrected chi connectivity index (χ4v) is 1.40. The van der Waals surface area contributed by atoms with E-state index < -0.39 is 25.0 Å². The van der Waals surface area contributed by atoms with E-state index in [0.717, 1.165) is 25.7 Å². The summed E-state index contributed by atoms with van der Waals surface area (Å²) < 4.78 is 0. The van der Waals surface area contributed by atoms with Crippen molar-refractivity contribution in [3.05, 3.63) is 12.2 Å². The molecule has 0 aliphatic heterocycles. The van der Waals surface area contributed by atoms with Gasteiger partial charge in [0.15, 0.2) is 0 Å². The average Bonchev–Trinajstić information content (AvgIpc) is 2.21. The maximum atomic E-state index is 10.4. The third-order valence-corrected chi connectivity index (χ3v) is 2.21. The molecule has 0 rings (SSSR count). The first kappa shape index (κ1) is 23.9. The van der Waals surface area contributed by atoms with Crippen LogP contribution in [-0.2, 0) is 9.59 Å². The fraction of sp³-hybridized carbons (Fsp3) is 0.667. The molecule has 5 nitrogen and oxygen atoms in total. The van der Waals surface area contributed by atoms with Crippen LogP contribution in [0.5, 0.6) is 0 Å². The van der Waals surface area contributed by atoms with Crippen molar-refractivity contribution in [1.29, 1.82) is 0 Å². The smallest absolute Gasteiger partial charge is 0.549 e. The number of carbonyl (C=O) groups is 2. The van der Waals surface area contributed by atoms with E-state index >= 15 is 0 Å². The van der Waals surface area contributed by atoms with Gasteiger partial charge < -0.3 is 19.8 Å². The van der Waals surface area contributed by atoms with E-state index in [1.807, 2.05) is 6.08 Å². The Balaban J connectivity index is -0.00000128.